The van der Waals surface area contributed by atoms with Crippen molar-refractivity contribution in [1.29, 1.82) is 0 Å². The van der Waals surface area contributed by atoms with Gasteiger partial charge in [0.15, 0.2) is 0 Å². The number of fused-ring (bicyclic) bond motifs is 1. The monoisotopic (exact) mass is 296 g/mol. The molecule has 0 radical (unpaired) electrons. The Hall–Kier alpha value is -2.56. The van der Waals surface area contributed by atoms with E-state index in [1.807, 2.05) is 32.9 Å². The van der Waals surface area contributed by atoms with Crippen LogP contribution in [0.1, 0.15) is 28.1 Å². The van der Waals surface area contributed by atoms with Gasteiger partial charge < -0.3 is 10.3 Å². The highest BCUT2D eigenvalue weighted by atomic mass is 16.1. The lowest BCUT2D eigenvalue weighted by Crippen LogP contribution is -2.16. The average Bonchev–Trinajstić information content (AvgIpc) is 2.76. The summed E-state index contributed by atoms with van der Waals surface area (Å²) in [6.45, 7) is 8.46. The molecule has 0 atom stereocenters. The Morgan fingerprint density at radius 3 is 2.59 bits per heavy atom. The maximum Gasteiger partial charge on any atom is 0.253 e. The Balaban J connectivity index is 1.98. The summed E-state index contributed by atoms with van der Waals surface area (Å²) in [6, 6.07) is 6.11. The van der Waals surface area contributed by atoms with E-state index in [2.05, 4.69) is 33.5 Å². The van der Waals surface area contributed by atoms with E-state index >= 15 is 0 Å². The number of H-pyrrole nitrogens is 2. The molecular formula is C17H20N4O. The maximum absolute atomic E-state index is 12.3. The molecular weight excluding hydrogens is 276 g/mol. The molecule has 3 N–H and O–H groups in total. The third-order valence-corrected chi connectivity index (χ3v) is 3.97. The molecule has 0 aliphatic rings. The van der Waals surface area contributed by atoms with Gasteiger partial charge in [-0.1, -0.05) is 6.07 Å². The summed E-state index contributed by atoms with van der Waals surface area (Å²) < 4.78 is 0. The summed E-state index contributed by atoms with van der Waals surface area (Å²) in [6.07, 6.45) is 0. The molecule has 5 nitrogen and oxygen atoms in total. The van der Waals surface area contributed by atoms with Crippen LogP contribution in [0.4, 0.5) is 5.69 Å². The van der Waals surface area contributed by atoms with Gasteiger partial charge in [0.25, 0.3) is 5.56 Å². The van der Waals surface area contributed by atoms with E-state index < -0.39 is 0 Å². The number of nitrogens with one attached hydrogen (secondary N) is 3. The third-order valence-electron chi connectivity index (χ3n) is 3.97. The van der Waals surface area contributed by atoms with Gasteiger partial charge in [-0.25, -0.2) is 0 Å². The predicted octanol–water partition coefficient (Wildman–Crippen LogP) is 3.10. The van der Waals surface area contributed by atoms with Crippen LogP contribution < -0.4 is 10.9 Å². The van der Waals surface area contributed by atoms with Gasteiger partial charge in [0.05, 0.1) is 17.1 Å². The lowest BCUT2D eigenvalue weighted by molar-refractivity contribution is 1.02. The molecule has 1 aromatic carbocycles. The van der Waals surface area contributed by atoms with Gasteiger partial charge in [0.2, 0.25) is 0 Å². The van der Waals surface area contributed by atoms with Crippen LogP contribution in [0.15, 0.2) is 23.0 Å². The van der Waals surface area contributed by atoms with Crippen LogP contribution in [0, 0.1) is 27.7 Å². The SMILES string of the molecule is Cc1cc(C)c2cc(CNc3c(C)n[nH]c3C)c(=O)[nH]c2c1. The fourth-order valence-corrected chi connectivity index (χ4v) is 2.84. The number of anilines is 1. The molecule has 2 aromatic heterocycles. The lowest BCUT2D eigenvalue weighted by atomic mass is 10.0. The Morgan fingerprint density at radius 2 is 1.91 bits per heavy atom. The molecule has 0 saturated heterocycles. The largest absolute Gasteiger partial charge is 0.378 e. The normalized spacial score (nSPS) is 11.1. The fraction of sp³-hybridized carbons (Fsp3) is 0.294. The number of rotatable bonds is 3. The first-order chi connectivity index (χ1) is 10.5. The van der Waals surface area contributed by atoms with Crippen molar-refractivity contribution in [2.45, 2.75) is 34.2 Å². The minimum Gasteiger partial charge on any atom is -0.378 e. The van der Waals surface area contributed by atoms with Crippen LogP contribution in [-0.2, 0) is 6.54 Å². The highest BCUT2D eigenvalue weighted by Gasteiger charge is 2.09. The Kier molecular flexibility index (Phi) is 3.48. The summed E-state index contributed by atoms with van der Waals surface area (Å²) in [7, 11) is 0. The van der Waals surface area contributed by atoms with E-state index in [1.54, 1.807) is 0 Å². The lowest BCUT2D eigenvalue weighted by Gasteiger charge is -2.09. The van der Waals surface area contributed by atoms with E-state index in [9.17, 15) is 4.79 Å². The number of hydrogen-bond acceptors (Lipinski definition) is 3. The second-order valence-corrected chi connectivity index (χ2v) is 5.83. The standard InChI is InChI=1S/C17H20N4O/c1-9-5-10(2)14-7-13(17(22)19-15(14)6-9)8-18-16-11(3)20-21-12(16)4/h5-7,18H,8H2,1-4H3,(H,19,22)(H,20,21). The summed E-state index contributed by atoms with van der Waals surface area (Å²) in [5.41, 5.74) is 6.72. The summed E-state index contributed by atoms with van der Waals surface area (Å²) >= 11 is 0. The van der Waals surface area contributed by atoms with Crippen molar-refractivity contribution in [3.8, 4) is 0 Å². The van der Waals surface area contributed by atoms with Crippen LogP contribution >= 0.6 is 0 Å². The molecule has 3 aromatic rings. The van der Waals surface area contributed by atoms with E-state index in [1.165, 1.54) is 5.56 Å². The molecule has 0 bridgehead atoms. The predicted molar refractivity (Wildman–Crippen MR) is 89.4 cm³/mol. The molecule has 0 aliphatic carbocycles. The highest BCUT2D eigenvalue weighted by Crippen LogP contribution is 2.20. The first-order valence-electron chi connectivity index (χ1n) is 7.34. The van der Waals surface area contributed by atoms with Gasteiger partial charge in [-0.2, -0.15) is 5.10 Å². The summed E-state index contributed by atoms with van der Waals surface area (Å²) in [5, 5.41) is 11.5. The Labute approximate surface area is 128 Å². The number of pyridine rings is 1. The van der Waals surface area contributed by atoms with Crippen molar-refractivity contribution in [3.63, 3.8) is 0 Å². The van der Waals surface area contributed by atoms with Crippen molar-refractivity contribution >= 4 is 16.6 Å². The molecule has 5 heteroatoms. The molecule has 0 amide bonds. The van der Waals surface area contributed by atoms with Gasteiger partial charge in [0.1, 0.15) is 0 Å². The van der Waals surface area contributed by atoms with Crippen LogP contribution in [0.25, 0.3) is 10.9 Å². The first-order valence-corrected chi connectivity index (χ1v) is 7.34. The van der Waals surface area contributed by atoms with E-state index in [4.69, 9.17) is 0 Å². The van der Waals surface area contributed by atoms with E-state index in [0.29, 0.717) is 6.54 Å². The van der Waals surface area contributed by atoms with Crippen LogP contribution in [0.2, 0.25) is 0 Å². The van der Waals surface area contributed by atoms with Gasteiger partial charge in [-0.3, -0.25) is 9.89 Å². The molecule has 0 spiro atoms. The molecule has 0 unspecified atom stereocenters. The quantitative estimate of drug-likeness (QED) is 0.695. The zero-order valence-corrected chi connectivity index (χ0v) is 13.3. The molecule has 0 fully saturated rings. The molecule has 22 heavy (non-hydrogen) atoms. The highest BCUT2D eigenvalue weighted by molar-refractivity contribution is 5.83. The minimum atomic E-state index is -0.0520. The second-order valence-electron chi connectivity index (χ2n) is 5.83. The van der Waals surface area contributed by atoms with Crippen molar-refractivity contribution in [3.05, 3.63) is 56.6 Å². The number of benzene rings is 1. The van der Waals surface area contributed by atoms with Crippen LogP contribution in [-0.4, -0.2) is 15.2 Å². The molecule has 0 aliphatic heterocycles. The molecule has 3 rings (SSSR count). The first kappa shape index (κ1) is 14.4. The molecule has 2 heterocycles. The van der Waals surface area contributed by atoms with Crippen molar-refractivity contribution in [1.82, 2.24) is 15.2 Å². The summed E-state index contributed by atoms with van der Waals surface area (Å²) in [4.78, 5) is 15.2. The number of aromatic amines is 2. The Morgan fingerprint density at radius 1 is 1.14 bits per heavy atom. The average molecular weight is 296 g/mol. The number of aromatic nitrogens is 3. The Bertz CT molecular complexity index is 885. The summed E-state index contributed by atoms with van der Waals surface area (Å²) in [5.74, 6) is 0. The molecule has 114 valence electrons. The zero-order valence-electron chi connectivity index (χ0n) is 13.3. The number of aryl methyl sites for hydroxylation is 4. The van der Waals surface area contributed by atoms with Gasteiger partial charge in [-0.05, 0) is 51.0 Å². The number of hydrogen-bond donors (Lipinski definition) is 3. The van der Waals surface area contributed by atoms with Crippen LogP contribution in [0.5, 0.6) is 0 Å². The third kappa shape index (κ3) is 2.50. The fourth-order valence-electron chi connectivity index (χ4n) is 2.84. The minimum absolute atomic E-state index is 0.0520. The van der Waals surface area contributed by atoms with Gasteiger partial charge >= 0.3 is 0 Å². The zero-order chi connectivity index (χ0) is 15.9. The second kappa shape index (κ2) is 5.33. The van der Waals surface area contributed by atoms with Gasteiger partial charge in [-0.15, -0.1) is 0 Å². The number of nitrogens with zero attached hydrogens (tertiary/aromatic N) is 1. The smallest absolute Gasteiger partial charge is 0.253 e. The van der Waals surface area contributed by atoms with E-state index in [-0.39, 0.29) is 5.56 Å². The topological polar surface area (TPSA) is 73.6 Å². The van der Waals surface area contributed by atoms with E-state index in [0.717, 1.165) is 39.1 Å². The molecule has 0 saturated carbocycles. The maximum atomic E-state index is 12.3. The van der Waals surface area contributed by atoms with Crippen molar-refractivity contribution in [2.75, 3.05) is 5.32 Å². The van der Waals surface area contributed by atoms with Crippen LogP contribution in [0.3, 0.4) is 0 Å². The van der Waals surface area contributed by atoms with Gasteiger partial charge in [0, 0.05) is 23.0 Å². The van der Waals surface area contributed by atoms with Crippen molar-refractivity contribution < 1.29 is 0 Å². The van der Waals surface area contributed by atoms with Crippen molar-refractivity contribution in [2.24, 2.45) is 0 Å².